The molecule has 0 aromatic carbocycles. The van der Waals surface area contributed by atoms with Crippen molar-refractivity contribution >= 4 is 39.1 Å². The highest BCUT2D eigenvalue weighted by Crippen LogP contribution is 2.46. The molecule has 1 aliphatic rings. The van der Waals surface area contributed by atoms with E-state index >= 15 is 0 Å². The summed E-state index contributed by atoms with van der Waals surface area (Å²) >= 11 is 1.52. The highest BCUT2D eigenvalue weighted by molar-refractivity contribution is 7.16. The smallest absolute Gasteiger partial charge is 0.306 e. The second-order valence-corrected chi connectivity index (χ2v) is 6.02. The maximum Gasteiger partial charge on any atom is 0.323 e. The fraction of sp³-hybridized carbons (Fsp3) is 0.294. The van der Waals surface area contributed by atoms with Crippen LogP contribution >= 0.6 is 11.3 Å². The Kier molecular flexibility index (Phi) is 5.00. The van der Waals surface area contributed by atoms with Gasteiger partial charge in [-0.1, -0.05) is 13.8 Å². The summed E-state index contributed by atoms with van der Waals surface area (Å²) in [4.78, 5) is 25.8. The van der Waals surface area contributed by atoms with Gasteiger partial charge in [-0.2, -0.15) is 0 Å². The summed E-state index contributed by atoms with van der Waals surface area (Å²) in [5, 5.41) is 5.65. The summed E-state index contributed by atoms with van der Waals surface area (Å²) < 4.78 is 0. The van der Waals surface area contributed by atoms with E-state index in [-0.39, 0.29) is 6.03 Å². The largest absolute Gasteiger partial charge is 0.323 e. The minimum absolute atomic E-state index is 0.300. The predicted molar refractivity (Wildman–Crippen MR) is 97.6 cm³/mol. The number of nitrogens with zero attached hydrogens (tertiary/aromatic N) is 3. The summed E-state index contributed by atoms with van der Waals surface area (Å²) in [7, 11) is 0. The summed E-state index contributed by atoms with van der Waals surface area (Å²) in [6.45, 7) is 4.00. The summed E-state index contributed by atoms with van der Waals surface area (Å²) in [5.74, 6) is 0.473. The first kappa shape index (κ1) is 16.3. The van der Waals surface area contributed by atoms with E-state index in [4.69, 9.17) is 0 Å². The summed E-state index contributed by atoms with van der Waals surface area (Å²) in [6, 6.07) is 3.26. The number of urea groups is 1. The third-order valence-corrected chi connectivity index (χ3v) is 4.29. The van der Waals surface area contributed by atoms with Gasteiger partial charge in [0.25, 0.3) is 0 Å². The van der Waals surface area contributed by atoms with Gasteiger partial charge in [0.1, 0.15) is 10.3 Å². The van der Waals surface area contributed by atoms with Gasteiger partial charge in [0.05, 0.1) is 29.3 Å². The molecule has 3 aromatic heterocycles. The number of rotatable bonds is 3. The second-order valence-electron chi connectivity index (χ2n) is 5.19. The Morgan fingerprint density at radius 2 is 2.04 bits per heavy atom. The molecule has 0 spiro atoms. The zero-order chi connectivity index (χ0) is 16.9. The van der Waals surface area contributed by atoms with Crippen molar-refractivity contribution in [1.82, 2.24) is 15.0 Å². The lowest BCUT2D eigenvalue weighted by Crippen LogP contribution is -2.20. The fourth-order valence-corrected chi connectivity index (χ4v) is 3.09. The van der Waals surface area contributed by atoms with E-state index in [0.29, 0.717) is 11.6 Å². The van der Waals surface area contributed by atoms with E-state index in [1.807, 2.05) is 13.8 Å². The van der Waals surface area contributed by atoms with Gasteiger partial charge in [0.2, 0.25) is 0 Å². The number of nitrogens with one attached hydrogen (secondary N) is 2. The van der Waals surface area contributed by atoms with Crippen molar-refractivity contribution in [2.45, 2.75) is 32.6 Å². The Morgan fingerprint density at radius 1 is 1.21 bits per heavy atom. The lowest BCUT2D eigenvalue weighted by Gasteiger charge is -2.11. The Labute approximate surface area is 144 Å². The molecule has 3 heterocycles. The van der Waals surface area contributed by atoms with Gasteiger partial charge in [-0.25, -0.2) is 14.8 Å². The third kappa shape index (κ3) is 3.51. The molecule has 1 fully saturated rings. The SMILES string of the molecule is CC.O=C(Nc1cccnc1)Nc1cnc2scnc2c1C1CC1. The van der Waals surface area contributed by atoms with Crippen molar-refractivity contribution in [1.29, 1.82) is 0 Å². The van der Waals surface area contributed by atoms with E-state index in [1.54, 1.807) is 36.2 Å². The Hall–Kier alpha value is -2.54. The van der Waals surface area contributed by atoms with E-state index in [0.717, 1.165) is 34.4 Å². The molecule has 2 amide bonds. The predicted octanol–water partition coefficient (Wildman–Crippen LogP) is 4.63. The summed E-state index contributed by atoms with van der Waals surface area (Å²) in [5.41, 5.74) is 5.19. The molecule has 1 saturated carbocycles. The number of thiazole rings is 1. The van der Waals surface area contributed by atoms with Crippen molar-refractivity contribution < 1.29 is 4.79 Å². The van der Waals surface area contributed by atoms with Gasteiger partial charge in [-0.3, -0.25) is 4.98 Å². The maximum absolute atomic E-state index is 12.2. The van der Waals surface area contributed by atoms with Crippen molar-refractivity contribution in [2.24, 2.45) is 0 Å². The topological polar surface area (TPSA) is 79.8 Å². The molecule has 0 radical (unpaired) electrons. The standard InChI is InChI=1S/C15H13N5OS.C2H6/c21-15(19-10-2-1-5-16-6-10)20-11-7-17-14-13(18-8-22-14)12(11)9-3-4-9;1-2/h1-2,5-9H,3-4H2,(H2,19,20,21);1-2H3. The Balaban J connectivity index is 0.000000815. The van der Waals surface area contributed by atoms with Gasteiger partial charge in [0.15, 0.2) is 0 Å². The van der Waals surface area contributed by atoms with Gasteiger partial charge in [-0.05, 0) is 30.9 Å². The van der Waals surface area contributed by atoms with Crippen LogP contribution in [0.3, 0.4) is 0 Å². The van der Waals surface area contributed by atoms with E-state index < -0.39 is 0 Å². The number of aromatic nitrogens is 3. The minimum Gasteiger partial charge on any atom is -0.306 e. The van der Waals surface area contributed by atoms with Gasteiger partial charge in [0, 0.05) is 11.8 Å². The lowest BCUT2D eigenvalue weighted by atomic mass is 10.1. The number of amides is 2. The van der Waals surface area contributed by atoms with E-state index in [2.05, 4.69) is 25.6 Å². The van der Waals surface area contributed by atoms with Crippen LogP contribution < -0.4 is 10.6 Å². The highest BCUT2D eigenvalue weighted by atomic mass is 32.1. The van der Waals surface area contributed by atoms with Crippen LogP contribution in [0.1, 0.15) is 38.2 Å². The number of fused-ring (bicyclic) bond motifs is 1. The summed E-state index contributed by atoms with van der Waals surface area (Å²) in [6.07, 6.45) is 7.25. The normalized spacial score (nSPS) is 13.1. The highest BCUT2D eigenvalue weighted by Gasteiger charge is 2.30. The van der Waals surface area contributed by atoms with Crippen LogP contribution in [0.5, 0.6) is 0 Å². The molecule has 0 saturated heterocycles. The lowest BCUT2D eigenvalue weighted by molar-refractivity contribution is 0.262. The number of anilines is 2. The zero-order valence-electron chi connectivity index (χ0n) is 13.6. The molecule has 0 bridgehead atoms. The second kappa shape index (κ2) is 7.35. The molecule has 1 aliphatic carbocycles. The van der Waals surface area contributed by atoms with E-state index in [1.165, 1.54) is 11.3 Å². The quantitative estimate of drug-likeness (QED) is 0.727. The minimum atomic E-state index is -0.300. The number of hydrogen-bond donors (Lipinski definition) is 2. The van der Waals surface area contributed by atoms with Crippen molar-refractivity contribution in [3.8, 4) is 0 Å². The van der Waals surface area contributed by atoms with Crippen molar-refractivity contribution in [3.05, 3.63) is 41.8 Å². The molecule has 124 valence electrons. The molecule has 0 aliphatic heterocycles. The maximum atomic E-state index is 12.2. The fourth-order valence-electron chi connectivity index (χ4n) is 2.44. The van der Waals surface area contributed by atoms with Gasteiger partial charge >= 0.3 is 6.03 Å². The average molecular weight is 341 g/mol. The molecule has 4 rings (SSSR count). The van der Waals surface area contributed by atoms with Gasteiger partial charge < -0.3 is 10.6 Å². The van der Waals surface area contributed by atoms with Crippen LogP contribution in [-0.2, 0) is 0 Å². The average Bonchev–Trinajstić information content (AvgIpc) is 3.33. The molecule has 24 heavy (non-hydrogen) atoms. The Morgan fingerprint density at radius 3 is 2.75 bits per heavy atom. The molecular formula is C17H19N5OS. The first-order chi connectivity index (χ1) is 11.8. The van der Waals surface area contributed by atoms with Crippen LogP contribution in [0.25, 0.3) is 10.3 Å². The number of carbonyl (C=O) groups is 1. The molecule has 0 atom stereocenters. The number of pyridine rings is 2. The molecule has 6 nitrogen and oxygen atoms in total. The monoisotopic (exact) mass is 341 g/mol. The van der Waals surface area contributed by atoms with Gasteiger partial charge in [-0.15, -0.1) is 11.3 Å². The molecular weight excluding hydrogens is 322 g/mol. The molecule has 7 heteroatoms. The molecule has 2 N–H and O–H groups in total. The molecule has 3 aromatic rings. The molecule has 0 unspecified atom stereocenters. The van der Waals surface area contributed by atoms with Crippen molar-refractivity contribution in [3.63, 3.8) is 0 Å². The van der Waals surface area contributed by atoms with E-state index in [9.17, 15) is 4.79 Å². The van der Waals surface area contributed by atoms with Crippen LogP contribution in [0.15, 0.2) is 36.2 Å². The van der Waals surface area contributed by atoms with Crippen LogP contribution in [0.4, 0.5) is 16.2 Å². The number of hydrogen-bond acceptors (Lipinski definition) is 5. The first-order valence-corrected chi connectivity index (χ1v) is 8.89. The van der Waals surface area contributed by atoms with Crippen LogP contribution in [-0.4, -0.2) is 21.0 Å². The van der Waals surface area contributed by atoms with Crippen molar-refractivity contribution in [2.75, 3.05) is 10.6 Å². The van der Waals surface area contributed by atoms with Crippen LogP contribution in [0.2, 0.25) is 0 Å². The first-order valence-electron chi connectivity index (χ1n) is 8.01. The Bertz CT molecular complexity index is 829. The third-order valence-electron chi connectivity index (χ3n) is 3.56. The zero-order valence-corrected chi connectivity index (χ0v) is 14.4. The van der Waals surface area contributed by atoms with Crippen LogP contribution in [0, 0.1) is 0 Å². The number of carbonyl (C=O) groups excluding carboxylic acids is 1.